The number of hydrogen-bond acceptors (Lipinski definition) is 2. The van der Waals surface area contributed by atoms with Gasteiger partial charge in [0.05, 0.1) is 6.42 Å². The Hall–Kier alpha value is -1.60. The summed E-state index contributed by atoms with van der Waals surface area (Å²) < 4.78 is 36.6. The molecule has 0 spiro atoms. The van der Waals surface area contributed by atoms with Crippen molar-refractivity contribution in [2.45, 2.75) is 59.1 Å². The van der Waals surface area contributed by atoms with E-state index in [0.29, 0.717) is 44.4 Å². The van der Waals surface area contributed by atoms with E-state index >= 15 is 0 Å². The smallest absolute Gasteiger partial charge is 0.354 e. The summed E-state index contributed by atoms with van der Waals surface area (Å²) in [7, 11) is 0. The van der Waals surface area contributed by atoms with Gasteiger partial charge < -0.3 is 10.2 Å². The molecular formula is C20H33F3N4O. The Bertz CT molecular complexity index is 576. The Kier molecular flexibility index (Phi) is 8.31. The monoisotopic (exact) mass is 402 g/mol. The SMILES string of the molecule is CCN=C(N=CCC(F)(F)F)NCCCN(CC)C(=O)[C@H]1[C@@H]2CC[C@H](C)C[C@@H]21. The third-order valence-electron chi connectivity index (χ3n) is 5.71. The summed E-state index contributed by atoms with van der Waals surface area (Å²) in [4.78, 5) is 22.6. The summed E-state index contributed by atoms with van der Waals surface area (Å²) in [6.07, 6.45) is -0.219. The third-order valence-corrected chi connectivity index (χ3v) is 5.71. The van der Waals surface area contributed by atoms with Gasteiger partial charge in [-0.3, -0.25) is 9.79 Å². The molecule has 0 saturated heterocycles. The highest BCUT2D eigenvalue weighted by molar-refractivity contribution is 5.87. The normalized spacial score (nSPS) is 27.6. The number of fused-ring (bicyclic) bond motifs is 1. The van der Waals surface area contributed by atoms with Gasteiger partial charge in [-0.2, -0.15) is 13.2 Å². The van der Waals surface area contributed by atoms with Gasteiger partial charge in [-0.1, -0.05) is 13.3 Å². The van der Waals surface area contributed by atoms with Crippen molar-refractivity contribution in [3.63, 3.8) is 0 Å². The Labute approximate surface area is 165 Å². The maximum absolute atomic E-state index is 12.8. The third kappa shape index (κ3) is 6.78. The second-order valence-corrected chi connectivity index (χ2v) is 7.90. The van der Waals surface area contributed by atoms with Crippen LogP contribution >= 0.6 is 0 Å². The van der Waals surface area contributed by atoms with Crippen molar-refractivity contribution >= 4 is 18.1 Å². The molecule has 1 amide bonds. The maximum Gasteiger partial charge on any atom is 0.393 e. The molecule has 0 aromatic rings. The lowest BCUT2D eigenvalue weighted by atomic mass is 9.91. The standard InChI is InChI=1S/C20H33F3N4O/c1-4-24-19(26-11-9-20(21,22)23)25-10-6-12-27(5-2)18(28)17-15-8-7-14(3)13-16(15)17/h11,14-17H,4-10,12-13H2,1-3H3,(H,24,25)/t14-,15+,16-,17-/m0/s1. The van der Waals surface area contributed by atoms with Crippen molar-refractivity contribution in [1.29, 1.82) is 0 Å². The molecule has 4 atom stereocenters. The van der Waals surface area contributed by atoms with Crippen LogP contribution in [-0.2, 0) is 4.79 Å². The fourth-order valence-electron chi connectivity index (χ4n) is 4.22. The van der Waals surface area contributed by atoms with Gasteiger partial charge in [0.15, 0.2) is 0 Å². The lowest BCUT2D eigenvalue weighted by Gasteiger charge is -2.21. The van der Waals surface area contributed by atoms with Crippen molar-refractivity contribution < 1.29 is 18.0 Å². The fourth-order valence-corrected chi connectivity index (χ4v) is 4.22. The molecule has 0 heterocycles. The van der Waals surface area contributed by atoms with E-state index in [4.69, 9.17) is 0 Å². The second-order valence-electron chi connectivity index (χ2n) is 7.90. The highest BCUT2D eigenvalue weighted by Gasteiger charge is 2.56. The van der Waals surface area contributed by atoms with E-state index in [1.807, 2.05) is 11.8 Å². The molecule has 28 heavy (non-hydrogen) atoms. The quantitative estimate of drug-likeness (QED) is 0.380. The van der Waals surface area contributed by atoms with Crippen LogP contribution in [0.15, 0.2) is 9.98 Å². The number of nitrogens with zero attached hydrogens (tertiary/aromatic N) is 3. The Balaban J connectivity index is 1.74. The number of amides is 1. The van der Waals surface area contributed by atoms with Gasteiger partial charge in [-0.05, 0) is 50.9 Å². The first-order valence-corrected chi connectivity index (χ1v) is 10.4. The zero-order valence-corrected chi connectivity index (χ0v) is 17.1. The molecule has 0 aromatic carbocycles. The van der Waals surface area contributed by atoms with E-state index in [1.54, 1.807) is 6.92 Å². The van der Waals surface area contributed by atoms with Gasteiger partial charge in [0.1, 0.15) is 0 Å². The molecule has 2 saturated carbocycles. The van der Waals surface area contributed by atoms with Gasteiger partial charge in [0, 0.05) is 38.3 Å². The molecule has 1 N–H and O–H groups in total. The molecule has 0 aromatic heterocycles. The molecule has 2 fully saturated rings. The predicted molar refractivity (Wildman–Crippen MR) is 105 cm³/mol. The summed E-state index contributed by atoms with van der Waals surface area (Å²) in [5.74, 6) is 2.59. The van der Waals surface area contributed by atoms with E-state index in [1.165, 1.54) is 19.3 Å². The van der Waals surface area contributed by atoms with Crippen molar-refractivity contribution in [1.82, 2.24) is 10.2 Å². The molecule has 2 aliphatic carbocycles. The van der Waals surface area contributed by atoms with E-state index in [-0.39, 0.29) is 17.8 Å². The number of guanidine groups is 1. The first kappa shape index (κ1) is 22.7. The number of halogens is 3. The van der Waals surface area contributed by atoms with Crippen LogP contribution in [-0.4, -0.2) is 55.3 Å². The van der Waals surface area contributed by atoms with E-state index < -0.39 is 12.6 Å². The zero-order chi connectivity index (χ0) is 20.7. The summed E-state index contributed by atoms with van der Waals surface area (Å²) in [5.41, 5.74) is 0. The van der Waals surface area contributed by atoms with Gasteiger partial charge >= 0.3 is 6.18 Å². The largest absolute Gasteiger partial charge is 0.393 e. The minimum Gasteiger partial charge on any atom is -0.354 e. The number of aliphatic imine (C=N–C) groups is 2. The number of hydrogen-bond donors (Lipinski definition) is 1. The minimum atomic E-state index is -4.26. The van der Waals surface area contributed by atoms with Crippen molar-refractivity contribution in [2.24, 2.45) is 33.7 Å². The summed E-state index contributed by atoms with van der Waals surface area (Å²) in [6.45, 7) is 8.34. The lowest BCUT2D eigenvalue weighted by Crippen LogP contribution is -2.35. The Morgan fingerprint density at radius 1 is 1.25 bits per heavy atom. The van der Waals surface area contributed by atoms with Crippen molar-refractivity contribution in [3.8, 4) is 0 Å². The topological polar surface area (TPSA) is 57.1 Å². The first-order valence-electron chi connectivity index (χ1n) is 10.4. The maximum atomic E-state index is 12.8. The zero-order valence-electron chi connectivity index (χ0n) is 17.1. The average molecular weight is 403 g/mol. The van der Waals surface area contributed by atoms with E-state index in [0.717, 1.165) is 12.1 Å². The molecule has 2 aliphatic rings. The lowest BCUT2D eigenvalue weighted by molar-refractivity contribution is -0.133. The summed E-state index contributed by atoms with van der Waals surface area (Å²) in [5, 5.41) is 2.97. The number of nitrogens with one attached hydrogen (secondary N) is 1. The molecule has 0 radical (unpaired) electrons. The van der Waals surface area contributed by atoms with Crippen molar-refractivity contribution in [3.05, 3.63) is 0 Å². The van der Waals surface area contributed by atoms with Crippen LogP contribution in [0.25, 0.3) is 0 Å². The molecule has 5 nitrogen and oxygen atoms in total. The molecule has 0 bridgehead atoms. The van der Waals surface area contributed by atoms with Crippen LogP contribution in [0, 0.1) is 23.7 Å². The number of carbonyl (C=O) groups excluding carboxylic acids is 1. The number of rotatable bonds is 8. The Morgan fingerprint density at radius 2 is 2.00 bits per heavy atom. The highest BCUT2D eigenvalue weighted by atomic mass is 19.4. The number of carbonyl (C=O) groups is 1. The molecule has 8 heteroatoms. The van der Waals surface area contributed by atoms with Crippen LogP contribution in [0.2, 0.25) is 0 Å². The van der Waals surface area contributed by atoms with Crippen LogP contribution in [0.4, 0.5) is 13.2 Å². The van der Waals surface area contributed by atoms with Crippen LogP contribution < -0.4 is 5.32 Å². The molecule has 2 rings (SSSR count). The first-order chi connectivity index (χ1) is 13.3. The van der Waals surface area contributed by atoms with Crippen molar-refractivity contribution in [2.75, 3.05) is 26.2 Å². The highest BCUT2D eigenvalue weighted by Crippen LogP contribution is 2.57. The Morgan fingerprint density at radius 3 is 2.61 bits per heavy atom. The van der Waals surface area contributed by atoms with E-state index in [9.17, 15) is 18.0 Å². The van der Waals surface area contributed by atoms with Gasteiger partial charge in [0.25, 0.3) is 0 Å². The number of alkyl halides is 3. The molecule has 0 aliphatic heterocycles. The van der Waals surface area contributed by atoms with Gasteiger partial charge in [0.2, 0.25) is 11.9 Å². The molecule has 0 unspecified atom stereocenters. The van der Waals surface area contributed by atoms with Crippen LogP contribution in [0.3, 0.4) is 0 Å². The summed E-state index contributed by atoms with van der Waals surface area (Å²) >= 11 is 0. The minimum absolute atomic E-state index is 0.210. The van der Waals surface area contributed by atoms with Crippen LogP contribution in [0.1, 0.15) is 52.9 Å². The molecule has 160 valence electrons. The summed E-state index contributed by atoms with van der Waals surface area (Å²) in [6, 6.07) is 0. The van der Waals surface area contributed by atoms with Gasteiger partial charge in [-0.15, -0.1) is 0 Å². The fraction of sp³-hybridized carbons (Fsp3) is 0.850. The van der Waals surface area contributed by atoms with E-state index in [2.05, 4.69) is 22.2 Å². The molecular weight excluding hydrogens is 369 g/mol. The average Bonchev–Trinajstić information content (AvgIpc) is 3.33. The second kappa shape index (κ2) is 10.3. The van der Waals surface area contributed by atoms with Crippen LogP contribution in [0.5, 0.6) is 0 Å². The predicted octanol–water partition coefficient (Wildman–Crippen LogP) is 3.90. The van der Waals surface area contributed by atoms with Gasteiger partial charge in [-0.25, -0.2) is 4.99 Å².